The topological polar surface area (TPSA) is 102 Å². The van der Waals surface area contributed by atoms with Gasteiger partial charge in [-0.25, -0.2) is 13.6 Å². The molecule has 282 valence electrons. The molecule has 53 heavy (non-hydrogen) atoms. The second kappa shape index (κ2) is 14.0. The standard InChI is InChI=1S/C39H45ClF2N6O5/c1-38(2,3)53-37(49)48-25-9-10-26(48)20-46(19-25)35-29-18-43-33(28-16-27(52-22-50-4)15-23-7-5-8-30(40)31(23)28)32(42)34(29)44-36(45-35)51-21-39-12-6-14-47(39)24(17-41)11-13-39/h5,7-8,15-16,18,24-26H,6,9-14,17,19-22H2,1-4H3. The van der Waals surface area contributed by atoms with Crippen molar-refractivity contribution in [3.05, 3.63) is 47.4 Å². The third-order valence-corrected chi connectivity index (χ3v) is 11.5. The monoisotopic (exact) mass is 750 g/mol. The molecule has 1 amide bonds. The van der Waals surface area contributed by atoms with Crippen LogP contribution in [0.4, 0.5) is 19.4 Å². The maximum Gasteiger partial charge on any atom is 0.410 e. The highest BCUT2D eigenvalue weighted by atomic mass is 35.5. The molecule has 4 aliphatic rings. The molecule has 2 aromatic carbocycles. The molecule has 0 aliphatic carbocycles. The number of fused-ring (bicyclic) bond motifs is 5. The number of carbonyl (C=O) groups is 1. The van der Waals surface area contributed by atoms with Gasteiger partial charge in [-0.05, 0) is 89.4 Å². The molecule has 0 spiro atoms. The van der Waals surface area contributed by atoms with Gasteiger partial charge in [-0.15, -0.1) is 0 Å². The lowest BCUT2D eigenvalue weighted by atomic mass is 9.95. The summed E-state index contributed by atoms with van der Waals surface area (Å²) in [7, 11) is 1.53. The van der Waals surface area contributed by atoms with E-state index in [9.17, 15) is 9.18 Å². The number of pyridine rings is 1. The van der Waals surface area contributed by atoms with Gasteiger partial charge in [0.25, 0.3) is 0 Å². The van der Waals surface area contributed by atoms with Gasteiger partial charge in [-0.2, -0.15) is 9.97 Å². The summed E-state index contributed by atoms with van der Waals surface area (Å²) in [5.41, 5.74) is -0.394. The summed E-state index contributed by atoms with van der Waals surface area (Å²) in [6.07, 6.45) is 6.32. The third-order valence-electron chi connectivity index (χ3n) is 11.2. The average Bonchev–Trinajstić information content (AvgIpc) is 3.78. The Morgan fingerprint density at radius 1 is 1.08 bits per heavy atom. The average molecular weight is 751 g/mol. The molecule has 4 saturated heterocycles. The quantitative estimate of drug-likeness (QED) is 0.159. The lowest BCUT2D eigenvalue weighted by Crippen LogP contribution is -2.57. The van der Waals surface area contributed by atoms with E-state index in [4.69, 9.17) is 40.5 Å². The summed E-state index contributed by atoms with van der Waals surface area (Å²) < 4.78 is 54.3. The molecule has 0 saturated carbocycles. The largest absolute Gasteiger partial charge is 0.468 e. The minimum absolute atomic E-state index is 0.00456. The first-order chi connectivity index (χ1) is 25.5. The Morgan fingerprint density at radius 2 is 1.87 bits per heavy atom. The number of anilines is 1. The van der Waals surface area contributed by atoms with Gasteiger partial charge in [-0.3, -0.25) is 14.8 Å². The summed E-state index contributed by atoms with van der Waals surface area (Å²) in [4.78, 5) is 33.8. The van der Waals surface area contributed by atoms with E-state index in [1.165, 1.54) is 7.11 Å². The summed E-state index contributed by atoms with van der Waals surface area (Å²) in [6, 6.07) is 8.67. The van der Waals surface area contributed by atoms with E-state index in [1.807, 2.05) is 43.9 Å². The number of rotatable bonds is 9. The fourth-order valence-electron chi connectivity index (χ4n) is 8.93. The highest BCUT2D eigenvalue weighted by Crippen LogP contribution is 2.44. The van der Waals surface area contributed by atoms with Crippen molar-refractivity contribution in [1.29, 1.82) is 0 Å². The van der Waals surface area contributed by atoms with Crippen LogP contribution >= 0.6 is 11.6 Å². The Bertz CT molecular complexity index is 2040. The van der Waals surface area contributed by atoms with Gasteiger partial charge >= 0.3 is 12.1 Å². The Morgan fingerprint density at radius 3 is 2.60 bits per heavy atom. The molecule has 4 fully saturated rings. The maximum atomic E-state index is 17.2. The van der Waals surface area contributed by atoms with Crippen molar-refractivity contribution in [1.82, 2.24) is 24.8 Å². The number of piperazine rings is 1. The first-order valence-electron chi connectivity index (χ1n) is 18.4. The van der Waals surface area contributed by atoms with Crippen LogP contribution < -0.4 is 14.4 Å². The van der Waals surface area contributed by atoms with Crippen molar-refractivity contribution in [3.63, 3.8) is 0 Å². The van der Waals surface area contributed by atoms with Crippen molar-refractivity contribution in [2.45, 2.75) is 88.6 Å². The van der Waals surface area contributed by atoms with Crippen LogP contribution in [-0.2, 0) is 9.47 Å². The molecule has 8 rings (SSSR count). The molecule has 0 N–H and O–H groups in total. The highest BCUT2D eigenvalue weighted by Gasteiger charge is 2.50. The van der Waals surface area contributed by atoms with Gasteiger partial charge in [0.2, 0.25) is 0 Å². The van der Waals surface area contributed by atoms with Crippen LogP contribution in [0, 0.1) is 5.82 Å². The second-order valence-corrected chi connectivity index (χ2v) is 16.1. The van der Waals surface area contributed by atoms with E-state index in [0.717, 1.165) is 50.5 Å². The van der Waals surface area contributed by atoms with Gasteiger partial charge in [0, 0.05) is 48.4 Å². The number of halogens is 3. The Balaban J connectivity index is 1.21. The zero-order chi connectivity index (χ0) is 37.1. The SMILES string of the molecule is COCOc1cc(-c2ncc3c(N4CC5CCC(C4)N5C(=O)OC(C)(C)C)nc(OCC45CCCN4C(CF)CC5)nc3c2F)c2c(Cl)cccc2c1. The van der Waals surface area contributed by atoms with E-state index in [1.54, 1.807) is 18.3 Å². The summed E-state index contributed by atoms with van der Waals surface area (Å²) in [6.45, 7) is 7.23. The Hall–Kier alpha value is -4.07. The number of methoxy groups -OCH3 is 1. The minimum atomic E-state index is -0.657. The molecule has 11 nitrogen and oxygen atoms in total. The second-order valence-electron chi connectivity index (χ2n) is 15.7. The Labute approximate surface area is 312 Å². The molecule has 4 atom stereocenters. The van der Waals surface area contributed by atoms with Crippen LogP contribution in [0.25, 0.3) is 32.9 Å². The van der Waals surface area contributed by atoms with E-state index >= 15 is 4.39 Å². The third kappa shape index (κ3) is 6.58. The van der Waals surface area contributed by atoms with Crippen LogP contribution in [0.3, 0.4) is 0 Å². The van der Waals surface area contributed by atoms with Gasteiger partial charge in [0.15, 0.2) is 12.6 Å². The number of alkyl halides is 1. The molecule has 2 bridgehead atoms. The number of aromatic nitrogens is 3. The van der Waals surface area contributed by atoms with Crippen LogP contribution in [0.2, 0.25) is 5.02 Å². The maximum absolute atomic E-state index is 17.2. The number of ether oxygens (including phenoxy) is 4. The lowest BCUT2D eigenvalue weighted by Gasteiger charge is -2.42. The van der Waals surface area contributed by atoms with Crippen molar-refractivity contribution in [3.8, 4) is 23.0 Å². The van der Waals surface area contributed by atoms with Crippen LogP contribution in [0.5, 0.6) is 11.8 Å². The molecule has 4 unspecified atom stereocenters. The number of hydrogen-bond donors (Lipinski definition) is 0. The van der Waals surface area contributed by atoms with Gasteiger partial charge in [-0.1, -0.05) is 23.7 Å². The smallest absolute Gasteiger partial charge is 0.410 e. The van der Waals surface area contributed by atoms with Gasteiger partial charge < -0.3 is 23.8 Å². The predicted octanol–water partition coefficient (Wildman–Crippen LogP) is 7.55. The number of hydrogen-bond acceptors (Lipinski definition) is 10. The van der Waals surface area contributed by atoms with Gasteiger partial charge in [0.1, 0.15) is 41.7 Å². The first kappa shape index (κ1) is 35.9. The molecule has 14 heteroatoms. The van der Waals surface area contributed by atoms with Gasteiger partial charge in [0.05, 0.1) is 23.0 Å². The predicted molar refractivity (Wildman–Crippen MR) is 198 cm³/mol. The minimum Gasteiger partial charge on any atom is -0.468 e. The van der Waals surface area contributed by atoms with E-state index in [2.05, 4.69) is 14.8 Å². The van der Waals surface area contributed by atoms with Crippen molar-refractivity contribution in [2.75, 3.05) is 51.7 Å². The van der Waals surface area contributed by atoms with E-state index in [-0.39, 0.29) is 60.4 Å². The summed E-state index contributed by atoms with van der Waals surface area (Å²) in [5, 5.41) is 2.22. The number of nitrogens with zero attached hydrogens (tertiary/aromatic N) is 6. The first-order valence-corrected chi connectivity index (χ1v) is 18.8. The number of carbonyl (C=O) groups excluding carboxylic acids is 1. The summed E-state index contributed by atoms with van der Waals surface area (Å²) >= 11 is 6.73. The molecular formula is C39H45ClF2N6O5. The van der Waals surface area contributed by atoms with Crippen molar-refractivity contribution >= 4 is 45.2 Å². The lowest BCUT2D eigenvalue weighted by molar-refractivity contribution is 0.0122. The fraction of sp³-hybridized carbons (Fsp3) is 0.538. The zero-order valence-corrected chi connectivity index (χ0v) is 31.3. The molecule has 6 heterocycles. The van der Waals surface area contributed by atoms with E-state index < -0.39 is 18.1 Å². The molecule has 4 aromatic rings. The summed E-state index contributed by atoms with van der Waals surface area (Å²) in [5.74, 6) is 0.292. The van der Waals surface area contributed by atoms with E-state index in [0.29, 0.717) is 46.0 Å². The molecule has 0 radical (unpaired) electrons. The molecule has 4 aliphatic heterocycles. The normalized spacial score (nSPS) is 24.3. The number of amides is 1. The highest BCUT2D eigenvalue weighted by molar-refractivity contribution is 6.36. The van der Waals surface area contributed by atoms with Crippen molar-refractivity contribution < 1.29 is 32.5 Å². The van der Waals surface area contributed by atoms with Crippen molar-refractivity contribution in [2.24, 2.45) is 0 Å². The molecule has 2 aromatic heterocycles. The number of benzene rings is 2. The Kier molecular flexibility index (Phi) is 9.47. The van der Waals surface area contributed by atoms with Crippen LogP contribution in [0.1, 0.15) is 59.3 Å². The zero-order valence-electron chi connectivity index (χ0n) is 30.5. The fourth-order valence-corrected chi connectivity index (χ4v) is 9.21. The van der Waals surface area contributed by atoms with Crippen LogP contribution in [-0.4, -0.2) is 107 Å². The molecular weight excluding hydrogens is 706 g/mol. The van der Waals surface area contributed by atoms with Crippen LogP contribution in [0.15, 0.2) is 36.5 Å².